The number of carbonyl (C=O) groups excluding carboxylic acids is 2. The van der Waals surface area contributed by atoms with Crippen molar-refractivity contribution in [1.82, 2.24) is 0 Å². The van der Waals surface area contributed by atoms with Gasteiger partial charge in [0.05, 0.1) is 0 Å². The Labute approximate surface area is 236 Å². The molecule has 0 saturated heterocycles. The van der Waals surface area contributed by atoms with E-state index in [0.717, 1.165) is 25.7 Å². The molecule has 0 amide bonds. The Balaban J connectivity index is 3.55. The van der Waals surface area contributed by atoms with E-state index < -0.39 is 6.10 Å². The molecule has 0 aliphatic carbocycles. The van der Waals surface area contributed by atoms with E-state index in [4.69, 9.17) is 9.47 Å². The molecule has 0 radical (unpaired) electrons. The number of thiol groups is 1. The Kier molecular flexibility index (Phi) is 29.3. The van der Waals surface area contributed by atoms with E-state index in [9.17, 15) is 9.59 Å². The molecule has 0 heterocycles. The third-order valence-electron chi connectivity index (χ3n) is 7.15. The summed E-state index contributed by atoms with van der Waals surface area (Å²) in [6.45, 7) is 4.63. The van der Waals surface area contributed by atoms with Crippen molar-refractivity contribution in [3.05, 3.63) is 0 Å². The molecule has 0 aromatic rings. The fourth-order valence-corrected chi connectivity index (χ4v) is 4.85. The first kappa shape index (κ1) is 36.3. The second kappa shape index (κ2) is 29.8. The number of unbranched alkanes of at least 4 members (excludes halogenated alkanes) is 21. The predicted molar refractivity (Wildman–Crippen MR) is 161 cm³/mol. The van der Waals surface area contributed by atoms with Crippen molar-refractivity contribution < 1.29 is 19.1 Å². The van der Waals surface area contributed by atoms with Gasteiger partial charge in [-0.1, -0.05) is 149 Å². The van der Waals surface area contributed by atoms with Gasteiger partial charge in [0.15, 0.2) is 0 Å². The van der Waals surface area contributed by atoms with E-state index in [1.54, 1.807) is 0 Å². The monoisotopic (exact) mass is 542 g/mol. The lowest BCUT2D eigenvalue weighted by Crippen LogP contribution is -2.26. The molecule has 0 fully saturated rings. The molecule has 0 N–H and O–H groups in total. The fraction of sp³-hybridized carbons (Fsp3) is 0.938. The van der Waals surface area contributed by atoms with Crippen molar-refractivity contribution >= 4 is 24.6 Å². The van der Waals surface area contributed by atoms with E-state index in [0.29, 0.717) is 18.6 Å². The van der Waals surface area contributed by atoms with Crippen LogP contribution in [0.5, 0.6) is 0 Å². The van der Waals surface area contributed by atoms with Gasteiger partial charge in [0, 0.05) is 18.6 Å². The van der Waals surface area contributed by atoms with E-state index in [1.165, 1.54) is 122 Å². The lowest BCUT2D eigenvalue weighted by molar-refractivity contribution is -0.157. The van der Waals surface area contributed by atoms with Crippen LogP contribution < -0.4 is 0 Å². The minimum Gasteiger partial charge on any atom is -0.462 e. The predicted octanol–water partition coefficient (Wildman–Crippen LogP) is 10.2. The third kappa shape index (κ3) is 28.1. The van der Waals surface area contributed by atoms with Crippen molar-refractivity contribution in [2.75, 3.05) is 12.4 Å². The van der Waals surface area contributed by atoms with Crippen LogP contribution in [-0.2, 0) is 19.1 Å². The smallest absolute Gasteiger partial charge is 0.306 e. The molecule has 0 saturated carbocycles. The van der Waals surface area contributed by atoms with Crippen molar-refractivity contribution in [3.8, 4) is 0 Å². The highest BCUT2D eigenvalue weighted by Gasteiger charge is 2.15. The number of hydrogen-bond donors (Lipinski definition) is 1. The summed E-state index contributed by atoms with van der Waals surface area (Å²) in [6.07, 6.45) is 29.6. The fourth-order valence-electron chi connectivity index (χ4n) is 4.67. The molecule has 0 spiro atoms. The summed E-state index contributed by atoms with van der Waals surface area (Å²) in [5.74, 6) is -0.0257. The van der Waals surface area contributed by atoms with Gasteiger partial charge < -0.3 is 9.47 Å². The average molecular weight is 543 g/mol. The summed E-state index contributed by atoms with van der Waals surface area (Å²) in [6, 6.07) is 0. The van der Waals surface area contributed by atoms with Crippen LogP contribution in [-0.4, -0.2) is 30.4 Å². The Morgan fingerprint density at radius 2 is 0.838 bits per heavy atom. The highest BCUT2D eigenvalue weighted by Crippen LogP contribution is 2.14. The summed E-state index contributed by atoms with van der Waals surface area (Å²) >= 11 is 4.26. The molecule has 0 aromatic carbocycles. The van der Waals surface area contributed by atoms with E-state index in [1.807, 2.05) is 0 Å². The maximum Gasteiger partial charge on any atom is 0.306 e. The molecule has 0 aliphatic heterocycles. The molecule has 0 aliphatic rings. The molecule has 0 aromatic heterocycles. The Morgan fingerprint density at radius 1 is 0.514 bits per heavy atom. The van der Waals surface area contributed by atoms with Gasteiger partial charge in [0.1, 0.15) is 12.7 Å². The Morgan fingerprint density at radius 3 is 1.19 bits per heavy atom. The molecule has 0 rings (SSSR count). The minimum absolute atomic E-state index is 0.116. The van der Waals surface area contributed by atoms with Gasteiger partial charge in [-0.3, -0.25) is 9.59 Å². The minimum atomic E-state index is -0.449. The zero-order valence-corrected chi connectivity index (χ0v) is 25.6. The number of ether oxygens (including phenoxy) is 2. The second-order valence-electron chi connectivity index (χ2n) is 10.9. The summed E-state index contributed by atoms with van der Waals surface area (Å²) in [7, 11) is 0. The molecule has 220 valence electrons. The zero-order chi connectivity index (χ0) is 27.2. The van der Waals surface area contributed by atoms with E-state index >= 15 is 0 Å². The van der Waals surface area contributed by atoms with E-state index in [-0.39, 0.29) is 18.5 Å². The quantitative estimate of drug-likeness (QED) is 0.0580. The molecule has 4 nitrogen and oxygen atoms in total. The lowest BCUT2D eigenvalue weighted by Gasteiger charge is -2.16. The van der Waals surface area contributed by atoms with E-state index in [2.05, 4.69) is 26.5 Å². The van der Waals surface area contributed by atoms with Crippen LogP contribution in [0.25, 0.3) is 0 Å². The normalized spacial score (nSPS) is 12.0. The zero-order valence-electron chi connectivity index (χ0n) is 24.7. The van der Waals surface area contributed by atoms with Crippen molar-refractivity contribution in [2.24, 2.45) is 0 Å². The topological polar surface area (TPSA) is 52.6 Å². The van der Waals surface area contributed by atoms with Crippen LogP contribution in [0, 0.1) is 0 Å². The van der Waals surface area contributed by atoms with Gasteiger partial charge in [0.25, 0.3) is 0 Å². The molecular formula is C32H62O4S. The summed E-state index contributed by atoms with van der Waals surface area (Å²) in [5, 5.41) is 0. The standard InChI is InChI=1S/C32H62O4S/c1-3-5-7-9-11-13-15-16-17-19-20-22-24-26-31(33)35-28-30(29-37)36-32(34)27-25-23-21-18-14-12-10-8-6-4-2/h30,37H,3-29H2,1-2H3/t30-/m0/s1. The van der Waals surface area contributed by atoms with Crippen LogP contribution in [0.4, 0.5) is 0 Å². The van der Waals surface area contributed by atoms with Gasteiger partial charge in [0.2, 0.25) is 0 Å². The highest BCUT2D eigenvalue weighted by molar-refractivity contribution is 7.80. The number of carbonyl (C=O) groups is 2. The lowest BCUT2D eigenvalue weighted by atomic mass is 10.0. The van der Waals surface area contributed by atoms with Crippen LogP contribution in [0.15, 0.2) is 0 Å². The van der Waals surface area contributed by atoms with Gasteiger partial charge in [-0.05, 0) is 12.8 Å². The molecular weight excluding hydrogens is 480 g/mol. The maximum absolute atomic E-state index is 12.1. The first-order valence-corrected chi connectivity index (χ1v) is 16.7. The molecule has 0 bridgehead atoms. The van der Waals surface area contributed by atoms with Crippen LogP contribution in [0.2, 0.25) is 0 Å². The Bertz CT molecular complexity index is 497. The van der Waals surface area contributed by atoms with Gasteiger partial charge >= 0.3 is 11.9 Å². The highest BCUT2D eigenvalue weighted by atomic mass is 32.1. The molecule has 5 heteroatoms. The number of rotatable bonds is 29. The first-order valence-electron chi connectivity index (χ1n) is 16.1. The van der Waals surface area contributed by atoms with Crippen molar-refractivity contribution in [1.29, 1.82) is 0 Å². The second-order valence-corrected chi connectivity index (χ2v) is 11.3. The number of esters is 2. The van der Waals surface area contributed by atoms with Gasteiger partial charge in [-0.25, -0.2) is 0 Å². The Hall–Kier alpha value is -0.710. The van der Waals surface area contributed by atoms with Gasteiger partial charge in [-0.2, -0.15) is 12.6 Å². The van der Waals surface area contributed by atoms with Crippen LogP contribution >= 0.6 is 12.6 Å². The SMILES string of the molecule is CCCCCCCCCCCCCCCC(=O)OC[C@@H](CS)OC(=O)CCCCCCCCCCCC. The summed E-state index contributed by atoms with van der Waals surface area (Å²) in [4.78, 5) is 24.1. The largest absolute Gasteiger partial charge is 0.462 e. The number of hydrogen-bond acceptors (Lipinski definition) is 5. The van der Waals surface area contributed by atoms with Crippen LogP contribution in [0.3, 0.4) is 0 Å². The van der Waals surface area contributed by atoms with Crippen molar-refractivity contribution in [2.45, 2.75) is 180 Å². The molecule has 1 atom stereocenters. The maximum atomic E-state index is 12.1. The molecule has 0 unspecified atom stereocenters. The van der Waals surface area contributed by atoms with Crippen molar-refractivity contribution in [3.63, 3.8) is 0 Å². The average Bonchev–Trinajstić information content (AvgIpc) is 2.90. The first-order chi connectivity index (χ1) is 18.1. The molecule has 37 heavy (non-hydrogen) atoms. The van der Waals surface area contributed by atoms with Crippen LogP contribution in [0.1, 0.15) is 174 Å². The third-order valence-corrected chi connectivity index (χ3v) is 7.56. The summed E-state index contributed by atoms with van der Waals surface area (Å²) in [5.41, 5.74) is 0. The summed E-state index contributed by atoms with van der Waals surface area (Å²) < 4.78 is 10.8. The van der Waals surface area contributed by atoms with Gasteiger partial charge in [-0.15, -0.1) is 0 Å².